The van der Waals surface area contributed by atoms with Crippen LogP contribution in [0.1, 0.15) is 31.4 Å². The van der Waals surface area contributed by atoms with E-state index in [0.29, 0.717) is 17.2 Å². The third-order valence-corrected chi connectivity index (χ3v) is 6.49. The number of halogens is 2. The van der Waals surface area contributed by atoms with Gasteiger partial charge in [0.2, 0.25) is 5.91 Å². The molecule has 0 saturated carbocycles. The van der Waals surface area contributed by atoms with Crippen molar-refractivity contribution in [3.63, 3.8) is 0 Å². The summed E-state index contributed by atoms with van der Waals surface area (Å²) in [6.07, 6.45) is 1.18. The highest BCUT2D eigenvalue weighted by molar-refractivity contribution is 9.10. The van der Waals surface area contributed by atoms with Crippen molar-refractivity contribution in [3.8, 4) is 5.75 Å². The molecule has 0 unspecified atom stereocenters. The minimum Gasteiger partial charge on any atom is -0.484 e. The molecule has 1 N–H and O–H groups in total. The molecule has 184 valence electrons. The van der Waals surface area contributed by atoms with E-state index < -0.39 is 6.04 Å². The summed E-state index contributed by atoms with van der Waals surface area (Å²) in [5.41, 5.74) is 1.85. The molecule has 0 bridgehead atoms. The average molecular weight is 558 g/mol. The zero-order valence-electron chi connectivity index (χ0n) is 19.9. The van der Waals surface area contributed by atoms with Gasteiger partial charge in [0.05, 0.1) is 0 Å². The quantitative estimate of drug-likeness (QED) is 0.313. The monoisotopic (exact) mass is 556 g/mol. The SMILES string of the molecule is CC[C@H](C)NC(=O)[C@@H](Cc1ccccc1)N(Cc1ccc(Cl)cc1)C(=O)COc1ccc(Br)cc1. The summed E-state index contributed by atoms with van der Waals surface area (Å²) in [7, 11) is 0. The first kappa shape index (κ1) is 26.8. The van der Waals surface area contributed by atoms with Crippen molar-refractivity contribution in [2.24, 2.45) is 0 Å². The minimum atomic E-state index is -0.705. The molecule has 0 saturated heterocycles. The Morgan fingerprint density at radius 2 is 1.63 bits per heavy atom. The molecule has 0 heterocycles. The van der Waals surface area contributed by atoms with Crippen molar-refractivity contribution >= 4 is 39.3 Å². The molecule has 0 aliphatic heterocycles. The van der Waals surface area contributed by atoms with Gasteiger partial charge in [-0.15, -0.1) is 0 Å². The number of nitrogens with one attached hydrogen (secondary N) is 1. The fourth-order valence-corrected chi connectivity index (χ4v) is 3.93. The van der Waals surface area contributed by atoms with Crippen molar-refractivity contribution in [2.45, 2.75) is 45.3 Å². The van der Waals surface area contributed by atoms with Crippen LogP contribution in [0.4, 0.5) is 0 Å². The minimum absolute atomic E-state index is 0.00715. The predicted octanol–water partition coefficient (Wildman–Crippen LogP) is 6.04. The van der Waals surface area contributed by atoms with Gasteiger partial charge in [0.25, 0.3) is 5.91 Å². The second-order valence-electron chi connectivity index (χ2n) is 8.41. The Morgan fingerprint density at radius 1 is 0.971 bits per heavy atom. The Kier molecular flexibility index (Phi) is 10.2. The first-order valence-corrected chi connectivity index (χ1v) is 12.8. The lowest BCUT2D eigenvalue weighted by molar-refractivity contribution is -0.143. The molecule has 35 heavy (non-hydrogen) atoms. The van der Waals surface area contributed by atoms with Gasteiger partial charge in [0.15, 0.2) is 6.61 Å². The van der Waals surface area contributed by atoms with E-state index in [2.05, 4.69) is 21.2 Å². The van der Waals surface area contributed by atoms with Crippen LogP contribution < -0.4 is 10.1 Å². The Morgan fingerprint density at radius 3 is 2.26 bits per heavy atom. The van der Waals surface area contributed by atoms with Crippen LogP contribution in [-0.2, 0) is 22.6 Å². The Labute approximate surface area is 220 Å². The van der Waals surface area contributed by atoms with E-state index in [1.165, 1.54) is 0 Å². The molecule has 7 heteroatoms. The van der Waals surface area contributed by atoms with Crippen LogP contribution in [0.15, 0.2) is 83.3 Å². The second kappa shape index (κ2) is 13.3. The van der Waals surface area contributed by atoms with E-state index in [1.807, 2.05) is 68.4 Å². The van der Waals surface area contributed by atoms with Crippen LogP contribution in [0.5, 0.6) is 5.75 Å². The van der Waals surface area contributed by atoms with Crippen molar-refractivity contribution < 1.29 is 14.3 Å². The maximum atomic E-state index is 13.5. The molecular formula is C28H30BrClN2O3. The topological polar surface area (TPSA) is 58.6 Å². The van der Waals surface area contributed by atoms with Crippen LogP contribution in [0, 0.1) is 0 Å². The summed E-state index contributed by atoms with van der Waals surface area (Å²) >= 11 is 9.46. The second-order valence-corrected chi connectivity index (χ2v) is 9.77. The molecule has 0 spiro atoms. The molecule has 0 aromatic heterocycles. The van der Waals surface area contributed by atoms with Gasteiger partial charge in [-0.05, 0) is 60.9 Å². The fourth-order valence-electron chi connectivity index (χ4n) is 3.54. The van der Waals surface area contributed by atoms with Gasteiger partial charge in [-0.25, -0.2) is 0 Å². The van der Waals surface area contributed by atoms with Crippen LogP contribution in [0.3, 0.4) is 0 Å². The lowest BCUT2D eigenvalue weighted by Crippen LogP contribution is -2.53. The van der Waals surface area contributed by atoms with E-state index in [0.717, 1.165) is 22.0 Å². The van der Waals surface area contributed by atoms with Crippen molar-refractivity contribution in [1.82, 2.24) is 10.2 Å². The number of hydrogen-bond acceptors (Lipinski definition) is 3. The standard InChI is InChI=1S/C28H30BrClN2O3/c1-3-20(2)31-28(34)26(17-21-7-5-4-6-8-21)32(18-22-9-13-24(30)14-10-22)27(33)19-35-25-15-11-23(29)12-16-25/h4-16,20,26H,3,17-19H2,1-2H3,(H,31,34)/t20-,26+/m0/s1. The van der Waals surface area contributed by atoms with Crippen molar-refractivity contribution in [1.29, 1.82) is 0 Å². The van der Waals surface area contributed by atoms with E-state index in [-0.39, 0.29) is 31.0 Å². The van der Waals surface area contributed by atoms with Gasteiger partial charge in [0, 0.05) is 28.5 Å². The number of nitrogens with zero attached hydrogens (tertiary/aromatic N) is 1. The third kappa shape index (κ3) is 8.41. The van der Waals surface area contributed by atoms with Crippen LogP contribution in [0.2, 0.25) is 5.02 Å². The maximum Gasteiger partial charge on any atom is 0.261 e. The predicted molar refractivity (Wildman–Crippen MR) is 143 cm³/mol. The van der Waals surface area contributed by atoms with Crippen molar-refractivity contribution in [3.05, 3.63) is 99.5 Å². The molecule has 5 nitrogen and oxygen atoms in total. The molecule has 3 aromatic rings. The Bertz CT molecular complexity index is 1090. The zero-order chi connectivity index (χ0) is 25.2. The molecule has 0 fully saturated rings. The number of amides is 2. The summed E-state index contributed by atoms with van der Waals surface area (Å²) in [4.78, 5) is 28.6. The number of benzene rings is 3. The number of rotatable bonds is 11. The zero-order valence-corrected chi connectivity index (χ0v) is 22.3. The number of hydrogen-bond donors (Lipinski definition) is 1. The molecule has 2 atom stereocenters. The summed E-state index contributed by atoms with van der Waals surface area (Å²) in [6, 6.07) is 23.6. The first-order valence-electron chi connectivity index (χ1n) is 11.6. The normalized spacial score (nSPS) is 12.5. The van der Waals surface area contributed by atoms with Gasteiger partial charge >= 0.3 is 0 Å². The fraction of sp³-hybridized carbons (Fsp3) is 0.286. The van der Waals surface area contributed by atoms with Gasteiger partial charge in [0.1, 0.15) is 11.8 Å². The van der Waals surface area contributed by atoms with Crippen molar-refractivity contribution in [2.75, 3.05) is 6.61 Å². The smallest absolute Gasteiger partial charge is 0.261 e. The molecule has 0 aliphatic rings. The number of ether oxygens (including phenoxy) is 1. The van der Waals surface area contributed by atoms with E-state index in [9.17, 15) is 9.59 Å². The summed E-state index contributed by atoms with van der Waals surface area (Å²) in [5, 5.41) is 3.67. The molecule has 3 rings (SSSR count). The number of carbonyl (C=O) groups is 2. The van der Waals surface area contributed by atoms with Gasteiger partial charge in [-0.3, -0.25) is 9.59 Å². The molecular weight excluding hydrogens is 528 g/mol. The molecule has 0 radical (unpaired) electrons. The van der Waals surface area contributed by atoms with Gasteiger partial charge in [-0.2, -0.15) is 0 Å². The summed E-state index contributed by atoms with van der Waals surface area (Å²) in [6.45, 7) is 4.04. The highest BCUT2D eigenvalue weighted by Gasteiger charge is 2.31. The lowest BCUT2D eigenvalue weighted by atomic mass is 10.0. The molecule has 2 amide bonds. The highest BCUT2D eigenvalue weighted by atomic mass is 79.9. The van der Waals surface area contributed by atoms with E-state index in [4.69, 9.17) is 16.3 Å². The Hall–Kier alpha value is -2.83. The summed E-state index contributed by atoms with van der Waals surface area (Å²) in [5.74, 6) is 0.119. The lowest BCUT2D eigenvalue weighted by Gasteiger charge is -2.32. The summed E-state index contributed by atoms with van der Waals surface area (Å²) < 4.78 is 6.70. The van der Waals surface area contributed by atoms with Gasteiger partial charge < -0.3 is 15.0 Å². The van der Waals surface area contributed by atoms with Crippen LogP contribution in [0.25, 0.3) is 0 Å². The molecule has 3 aromatic carbocycles. The Balaban J connectivity index is 1.89. The third-order valence-electron chi connectivity index (χ3n) is 5.71. The first-order chi connectivity index (χ1) is 16.9. The largest absolute Gasteiger partial charge is 0.484 e. The average Bonchev–Trinajstić information content (AvgIpc) is 2.87. The highest BCUT2D eigenvalue weighted by Crippen LogP contribution is 2.19. The molecule has 0 aliphatic carbocycles. The van der Waals surface area contributed by atoms with E-state index >= 15 is 0 Å². The maximum absolute atomic E-state index is 13.5. The van der Waals surface area contributed by atoms with Gasteiger partial charge in [-0.1, -0.05) is 76.9 Å². The van der Waals surface area contributed by atoms with Crippen LogP contribution in [-0.4, -0.2) is 35.4 Å². The van der Waals surface area contributed by atoms with Crippen LogP contribution >= 0.6 is 27.5 Å². The van der Waals surface area contributed by atoms with E-state index in [1.54, 1.807) is 29.2 Å². The number of carbonyl (C=O) groups excluding carboxylic acids is 2.